The van der Waals surface area contributed by atoms with Crippen molar-refractivity contribution in [3.8, 4) is 0 Å². The Hall–Kier alpha value is 3.17. The molecule has 0 aliphatic heterocycles. The van der Waals surface area contributed by atoms with Gasteiger partial charge in [-0.15, -0.1) is 0 Å². The first-order chi connectivity index (χ1) is 0. The monoisotopic (exact) mass is 422 g/mol. The molecular formula is H3AlCuNiTaZr. The first-order valence-electron chi connectivity index (χ1n) is 0. The Morgan fingerprint density at radius 3 is 1.00 bits per heavy atom. The van der Waals surface area contributed by atoms with E-state index < -0.39 is 0 Å². The van der Waals surface area contributed by atoms with Gasteiger partial charge in [-0.05, 0) is 0 Å². The number of rotatable bonds is 0. The minimum atomic E-state index is 0. The molecule has 0 aliphatic rings. The molecule has 0 saturated carbocycles. The van der Waals surface area contributed by atoms with Crippen LogP contribution in [0.3, 0.4) is 0 Å². The van der Waals surface area contributed by atoms with Crippen LogP contribution >= 0.6 is 0 Å². The standard InChI is InChI=1S/Al.Cu.Ni.Ta.Zr.3H. The van der Waals surface area contributed by atoms with Crippen LogP contribution in [0.5, 0.6) is 0 Å². The molecule has 0 saturated heterocycles. The second kappa shape index (κ2) is 27.2. The van der Waals surface area contributed by atoms with Crippen molar-refractivity contribution in [3.05, 3.63) is 0 Å². The van der Waals surface area contributed by atoms with Crippen LogP contribution in [-0.4, -0.2) is 17.4 Å². The van der Waals surface area contributed by atoms with Crippen molar-refractivity contribution in [2.75, 3.05) is 0 Å². The van der Waals surface area contributed by atoms with Crippen LogP contribution in [0.15, 0.2) is 0 Å². The van der Waals surface area contributed by atoms with E-state index in [2.05, 4.69) is 0 Å². The van der Waals surface area contributed by atoms with E-state index in [1.54, 1.807) is 0 Å². The zero-order valence-corrected chi connectivity index (χ0v) is 9.17. The molecule has 0 aromatic heterocycles. The third-order valence-corrected chi connectivity index (χ3v) is 0. The van der Waals surface area contributed by atoms with Crippen LogP contribution in [0.2, 0.25) is 0 Å². The average Bonchev–Trinajstić information content (AvgIpc) is 0. The van der Waals surface area contributed by atoms with Gasteiger partial charge in [-0.2, -0.15) is 0 Å². The van der Waals surface area contributed by atoms with Gasteiger partial charge in [0.15, 0.2) is 17.4 Å². The fourth-order valence-electron chi connectivity index (χ4n) is 0. The summed E-state index contributed by atoms with van der Waals surface area (Å²) in [5.74, 6) is 0. The van der Waals surface area contributed by atoms with Crippen molar-refractivity contribution < 1.29 is 82.1 Å². The first-order valence-corrected chi connectivity index (χ1v) is 0. The van der Waals surface area contributed by atoms with Crippen molar-refractivity contribution in [2.24, 2.45) is 0 Å². The Kier molecular flexibility index (Phi) is 227. The summed E-state index contributed by atoms with van der Waals surface area (Å²) in [4.78, 5) is 0. The van der Waals surface area contributed by atoms with Gasteiger partial charge in [0.2, 0.25) is 0 Å². The van der Waals surface area contributed by atoms with Gasteiger partial charge in [0.1, 0.15) is 0 Å². The molecule has 36 valence electrons. The van der Waals surface area contributed by atoms with E-state index in [4.69, 9.17) is 0 Å². The molecule has 0 N–H and O–H groups in total. The maximum Gasteiger partial charge on any atom is 0.187 e. The molecule has 0 heterocycles. The summed E-state index contributed by atoms with van der Waals surface area (Å²) in [5, 5.41) is 0. The van der Waals surface area contributed by atoms with Crippen molar-refractivity contribution in [1.29, 1.82) is 0 Å². The Balaban J connectivity index is 0. The van der Waals surface area contributed by atoms with Crippen LogP contribution in [-0.2, 0) is 82.1 Å². The second-order valence-electron chi connectivity index (χ2n) is 0. The molecular weight excluding hydrogens is 421 g/mol. The summed E-state index contributed by atoms with van der Waals surface area (Å²) in [7, 11) is 0. The smallest absolute Gasteiger partial charge is 0 e. The van der Waals surface area contributed by atoms with Gasteiger partial charge >= 0.3 is 0 Å². The predicted molar refractivity (Wildman–Crippen MR) is 9.94 cm³/mol. The zero-order valence-electron chi connectivity index (χ0n) is 1.56. The van der Waals surface area contributed by atoms with Crippen LogP contribution < -0.4 is 0 Å². The molecule has 0 atom stereocenters. The molecule has 0 bridgehead atoms. The van der Waals surface area contributed by atoms with Gasteiger partial charge in [-0.1, -0.05) is 0 Å². The SMILES string of the molecule is [AlH3].[Cu].[Ni].[Ta].[Zr]. The van der Waals surface area contributed by atoms with Gasteiger partial charge in [0.05, 0.1) is 0 Å². The van der Waals surface area contributed by atoms with Crippen molar-refractivity contribution >= 4 is 17.4 Å². The molecule has 0 unspecified atom stereocenters. The Morgan fingerprint density at radius 2 is 1.00 bits per heavy atom. The molecule has 0 nitrogen and oxygen atoms in total. The van der Waals surface area contributed by atoms with Gasteiger partial charge in [-0.25, -0.2) is 0 Å². The zero-order chi connectivity index (χ0) is 0. The Labute approximate surface area is 97.8 Å². The average molecular weight is 424 g/mol. The quantitative estimate of drug-likeness (QED) is 0.429. The van der Waals surface area contributed by atoms with Gasteiger partial charge < -0.3 is 0 Å². The topological polar surface area (TPSA) is 0 Å². The Morgan fingerprint density at radius 1 is 1.00 bits per heavy atom. The Bertz CT molecular complexity index is 11.6. The largest absolute Gasteiger partial charge is 0.187 e. The predicted octanol–water partition coefficient (Wildman–Crippen LogP) is -1.19. The molecule has 0 aliphatic carbocycles. The van der Waals surface area contributed by atoms with E-state index in [1.165, 1.54) is 0 Å². The van der Waals surface area contributed by atoms with Crippen molar-refractivity contribution in [3.63, 3.8) is 0 Å². The summed E-state index contributed by atoms with van der Waals surface area (Å²) >= 11 is 0. The summed E-state index contributed by atoms with van der Waals surface area (Å²) < 4.78 is 0. The van der Waals surface area contributed by atoms with E-state index in [0.29, 0.717) is 0 Å². The third-order valence-electron chi connectivity index (χ3n) is 0. The van der Waals surface area contributed by atoms with E-state index in [-0.39, 0.29) is 99.5 Å². The third kappa shape index (κ3) is 19.1. The molecule has 5 heavy (non-hydrogen) atoms. The van der Waals surface area contributed by atoms with Crippen LogP contribution in [0.1, 0.15) is 0 Å². The van der Waals surface area contributed by atoms with Gasteiger partial charge in [0, 0.05) is 82.1 Å². The van der Waals surface area contributed by atoms with E-state index >= 15 is 0 Å². The molecule has 0 amide bonds. The van der Waals surface area contributed by atoms with E-state index in [0.717, 1.165) is 0 Å². The molecule has 2 radical (unpaired) electrons. The molecule has 0 aromatic carbocycles. The normalized spacial score (nSPS) is 0. The van der Waals surface area contributed by atoms with Gasteiger partial charge in [-0.3, -0.25) is 0 Å². The summed E-state index contributed by atoms with van der Waals surface area (Å²) in [5.41, 5.74) is 0. The summed E-state index contributed by atoms with van der Waals surface area (Å²) in [6.07, 6.45) is 0. The molecule has 0 aromatic rings. The minimum Gasteiger partial charge on any atom is 0 e. The second-order valence-corrected chi connectivity index (χ2v) is 0. The van der Waals surface area contributed by atoms with E-state index in [1.807, 2.05) is 0 Å². The summed E-state index contributed by atoms with van der Waals surface area (Å²) in [6.45, 7) is 0. The summed E-state index contributed by atoms with van der Waals surface area (Å²) in [6, 6.07) is 0. The fourth-order valence-corrected chi connectivity index (χ4v) is 0. The molecule has 5 heteroatoms. The fraction of sp³-hybridized carbons (Fsp3) is 0. The molecule has 0 fully saturated rings. The molecule has 0 rings (SSSR count). The van der Waals surface area contributed by atoms with Crippen LogP contribution in [0, 0.1) is 0 Å². The number of hydrogen-bond donors (Lipinski definition) is 0. The number of hydrogen-bond acceptors (Lipinski definition) is 0. The van der Waals surface area contributed by atoms with Crippen LogP contribution in [0.25, 0.3) is 0 Å². The van der Waals surface area contributed by atoms with Crippen molar-refractivity contribution in [2.45, 2.75) is 0 Å². The maximum absolute atomic E-state index is 0. The van der Waals surface area contributed by atoms with Crippen molar-refractivity contribution in [1.82, 2.24) is 0 Å². The van der Waals surface area contributed by atoms with Gasteiger partial charge in [0.25, 0.3) is 0 Å². The molecule has 0 spiro atoms. The van der Waals surface area contributed by atoms with E-state index in [9.17, 15) is 0 Å². The maximum atomic E-state index is 0. The minimum absolute atomic E-state index is 0. The first kappa shape index (κ1) is 41.8. The van der Waals surface area contributed by atoms with Crippen LogP contribution in [0.4, 0.5) is 0 Å².